The molecule has 1 aliphatic heterocycles. The molecule has 8 nitrogen and oxygen atoms in total. The predicted octanol–water partition coefficient (Wildman–Crippen LogP) is 4.93. The molecule has 6 rings (SSSR count). The maximum atomic E-state index is 14.3. The average molecular weight is 523 g/mol. The highest BCUT2D eigenvalue weighted by Gasteiger charge is 2.61. The lowest BCUT2D eigenvalue weighted by molar-refractivity contribution is -0.139. The molecule has 1 amide bonds. The number of anilines is 1. The van der Waals surface area contributed by atoms with Gasteiger partial charge in [-0.25, -0.2) is 0 Å². The van der Waals surface area contributed by atoms with Gasteiger partial charge in [0.1, 0.15) is 29.4 Å². The van der Waals surface area contributed by atoms with Crippen LogP contribution in [-0.4, -0.2) is 36.8 Å². The van der Waals surface area contributed by atoms with Crippen LogP contribution in [0.1, 0.15) is 30.0 Å². The first-order valence-corrected chi connectivity index (χ1v) is 12.7. The summed E-state index contributed by atoms with van der Waals surface area (Å²) in [6.07, 6.45) is 2.71. The number of nitrogens with zero attached hydrogens (tertiary/aromatic N) is 2. The second kappa shape index (κ2) is 9.54. The van der Waals surface area contributed by atoms with E-state index in [1.165, 1.54) is 18.3 Å². The van der Waals surface area contributed by atoms with Crippen LogP contribution >= 0.6 is 0 Å². The van der Waals surface area contributed by atoms with Gasteiger partial charge in [0, 0.05) is 22.9 Å². The Morgan fingerprint density at radius 1 is 0.923 bits per heavy atom. The van der Waals surface area contributed by atoms with E-state index in [0.717, 1.165) is 11.1 Å². The van der Waals surface area contributed by atoms with E-state index in [0.29, 0.717) is 41.3 Å². The van der Waals surface area contributed by atoms with E-state index >= 15 is 0 Å². The summed E-state index contributed by atoms with van der Waals surface area (Å²) < 4.78 is 15.8. The zero-order valence-corrected chi connectivity index (χ0v) is 21.5. The van der Waals surface area contributed by atoms with Crippen LogP contribution in [0.3, 0.4) is 0 Å². The molecule has 1 saturated carbocycles. The molecular weight excluding hydrogens is 496 g/mol. The van der Waals surface area contributed by atoms with Crippen molar-refractivity contribution in [1.29, 1.82) is 0 Å². The van der Waals surface area contributed by atoms with Gasteiger partial charge in [0.25, 0.3) is 5.91 Å². The third-order valence-corrected chi connectivity index (χ3v) is 7.79. The lowest BCUT2D eigenvalue weighted by Crippen LogP contribution is -2.36. The number of hydrogen-bond acceptors (Lipinski definition) is 7. The highest BCUT2D eigenvalue weighted by atomic mass is 16.5. The van der Waals surface area contributed by atoms with E-state index in [9.17, 15) is 14.4 Å². The van der Waals surface area contributed by atoms with E-state index in [1.807, 2.05) is 36.4 Å². The molecule has 1 aromatic heterocycles. The summed E-state index contributed by atoms with van der Waals surface area (Å²) in [5.41, 5.74) is 2.55. The van der Waals surface area contributed by atoms with Gasteiger partial charge in [0.05, 0.1) is 25.7 Å². The number of rotatable bonds is 8. The van der Waals surface area contributed by atoms with Crippen molar-refractivity contribution in [3.8, 4) is 22.8 Å². The third kappa shape index (κ3) is 4.00. The number of benzene rings is 3. The van der Waals surface area contributed by atoms with Crippen LogP contribution in [0.4, 0.5) is 5.69 Å². The van der Waals surface area contributed by atoms with Crippen molar-refractivity contribution in [3.05, 3.63) is 96.3 Å². The van der Waals surface area contributed by atoms with Crippen LogP contribution in [-0.2, 0) is 19.8 Å². The Morgan fingerprint density at radius 2 is 1.64 bits per heavy atom. The molecule has 0 spiro atoms. The second-order valence-corrected chi connectivity index (χ2v) is 9.81. The second-order valence-electron chi connectivity index (χ2n) is 9.81. The number of amides is 1. The number of hydrogen-bond donors (Lipinski definition) is 0. The van der Waals surface area contributed by atoms with Gasteiger partial charge in [-0.05, 0) is 48.7 Å². The summed E-state index contributed by atoms with van der Waals surface area (Å²) in [4.78, 5) is 43.1. The molecule has 0 N–H and O–H groups in total. The van der Waals surface area contributed by atoms with Crippen molar-refractivity contribution in [2.75, 3.05) is 19.1 Å². The standard InChI is InChI=1S/C31H26N2O6/c1-37-22-13-9-20(10-14-22)31(16-17-31)29(35)26-27(23-5-3-4-6-25(23)38-2)33(30(36)28(26)34)21-11-7-19(8-12-21)24-15-18-39-32-24/h3-15,18,26-27H,16-17H2,1-2H3. The summed E-state index contributed by atoms with van der Waals surface area (Å²) in [6, 6.07) is 22.5. The van der Waals surface area contributed by atoms with Gasteiger partial charge in [0.15, 0.2) is 5.78 Å². The molecule has 0 radical (unpaired) electrons. The van der Waals surface area contributed by atoms with E-state index in [-0.39, 0.29) is 5.78 Å². The van der Waals surface area contributed by atoms with Crippen LogP contribution in [0, 0.1) is 5.92 Å². The van der Waals surface area contributed by atoms with Crippen molar-refractivity contribution in [3.63, 3.8) is 0 Å². The summed E-state index contributed by atoms with van der Waals surface area (Å²) in [7, 11) is 3.12. The summed E-state index contributed by atoms with van der Waals surface area (Å²) in [5.74, 6) is -1.68. The molecule has 2 aliphatic rings. The van der Waals surface area contributed by atoms with E-state index in [4.69, 9.17) is 14.0 Å². The maximum Gasteiger partial charge on any atom is 0.295 e. The van der Waals surface area contributed by atoms with Crippen molar-refractivity contribution >= 4 is 23.2 Å². The highest BCUT2D eigenvalue weighted by Crippen LogP contribution is 2.54. The lowest BCUT2D eigenvalue weighted by atomic mass is 9.78. The Labute approximate surface area is 225 Å². The summed E-state index contributed by atoms with van der Waals surface area (Å²) in [5, 5.41) is 3.96. The number of carbonyl (C=O) groups is 3. The molecule has 2 heterocycles. The Morgan fingerprint density at radius 3 is 2.26 bits per heavy atom. The largest absolute Gasteiger partial charge is 0.497 e. The van der Waals surface area contributed by atoms with Gasteiger partial charge in [-0.2, -0.15) is 0 Å². The van der Waals surface area contributed by atoms with Crippen LogP contribution in [0.25, 0.3) is 11.3 Å². The number of ether oxygens (including phenoxy) is 2. The molecule has 2 unspecified atom stereocenters. The predicted molar refractivity (Wildman–Crippen MR) is 143 cm³/mol. The normalized spacial score (nSPS) is 19.7. The molecule has 8 heteroatoms. The SMILES string of the molecule is COc1ccc(C2(C(=O)C3C(=O)C(=O)N(c4ccc(-c5ccon5)cc4)C3c3ccccc3OC)CC2)cc1. The molecular formula is C31H26N2O6. The van der Waals surface area contributed by atoms with Crippen LogP contribution in [0.15, 0.2) is 89.6 Å². The number of methoxy groups -OCH3 is 2. The van der Waals surface area contributed by atoms with Crippen LogP contribution in [0.2, 0.25) is 0 Å². The molecule has 3 aromatic carbocycles. The highest BCUT2D eigenvalue weighted by molar-refractivity contribution is 6.48. The Hall–Kier alpha value is -4.72. The Balaban J connectivity index is 1.44. The monoisotopic (exact) mass is 522 g/mol. The first-order chi connectivity index (χ1) is 19.0. The molecule has 2 fully saturated rings. The fraction of sp³-hybridized carbons (Fsp3) is 0.226. The van der Waals surface area contributed by atoms with Gasteiger partial charge < -0.3 is 14.0 Å². The van der Waals surface area contributed by atoms with Crippen LogP contribution < -0.4 is 14.4 Å². The minimum atomic E-state index is -1.19. The third-order valence-electron chi connectivity index (χ3n) is 7.79. The summed E-state index contributed by atoms with van der Waals surface area (Å²) >= 11 is 0. The zero-order valence-electron chi connectivity index (χ0n) is 21.5. The fourth-order valence-corrected chi connectivity index (χ4v) is 5.60. The molecule has 0 bridgehead atoms. The number of carbonyl (C=O) groups excluding carboxylic acids is 3. The molecule has 2 atom stereocenters. The molecule has 1 saturated heterocycles. The van der Waals surface area contributed by atoms with Gasteiger partial charge in [-0.1, -0.05) is 47.6 Å². The molecule has 4 aromatic rings. The van der Waals surface area contributed by atoms with Crippen LogP contribution in [0.5, 0.6) is 11.5 Å². The minimum absolute atomic E-state index is 0.247. The molecule has 196 valence electrons. The number of aromatic nitrogens is 1. The van der Waals surface area contributed by atoms with Gasteiger partial charge in [-0.3, -0.25) is 19.3 Å². The quantitative estimate of drug-likeness (QED) is 0.239. The van der Waals surface area contributed by atoms with Gasteiger partial charge in [-0.15, -0.1) is 0 Å². The van der Waals surface area contributed by atoms with Crippen molar-refractivity contribution in [2.45, 2.75) is 24.3 Å². The van der Waals surface area contributed by atoms with Gasteiger partial charge in [0.2, 0.25) is 5.78 Å². The van der Waals surface area contributed by atoms with E-state index in [1.54, 1.807) is 49.6 Å². The van der Waals surface area contributed by atoms with Crippen molar-refractivity contribution < 1.29 is 28.4 Å². The van der Waals surface area contributed by atoms with E-state index < -0.39 is 29.1 Å². The summed E-state index contributed by atoms with van der Waals surface area (Å²) in [6.45, 7) is 0. The van der Waals surface area contributed by atoms with Crippen molar-refractivity contribution in [2.24, 2.45) is 5.92 Å². The topological polar surface area (TPSA) is 98.9 Å². The van der Waals surface area contributed by atoms with E-state index in [2.05, 4.69) is 5.16 Å². The maximum absolute atomic E-state index is 14.3. The first kappa shape index (κ1) is 24.6. The number of para-hydroxylation sites is 1. The Bertz CT molecular complexity index is 1540. The minimum Gasteiger partial charge on any atom is -0.497 e. The van der Waals surface area contributed by atoms with Crippen molar-refractivity contribution in [1.82, 2.24) is 5.16 Å². The lowest BCUT2D eigenvalue weighted by Gasteiger charge is -2.30. The Kier molecular flexibility index (Phi) is 6.02. The fourth-order valence-electron chi connectivity index (χ4n) is 5.60. The number of ketones is 2. The smallest absolute Gasteiger partial charge is 0.295 e. The van der Waals surface area contributed by atoms with Gasteiger partial charge >= 0.3 is 0 Å². The molecule has 39 heavy (non-hydrogen) atoms. The molecule has 1 aliphatic carbocycles. The first-order valence-electron chi connectivity index (χ1n) is 12.7. The number of Topliss-reactive ketones (excluding diaryl/α,β-unsaturated/α-hetero) is 2. The average Bonchev–Trinajstić information content (AvgIpc) is 3.52. The zero-order chi connectivity index (χ0) is 27.1.